The number of ether oxygens (including phenoxy) is 2. The van der Waals surface area contributed by atoms with Crippen LogP contribution in [0.25, 0.3) is 0 Å². The van der Waals surface area contributed by atoms with E-state index in [0.717, 1.165) is 0 Å². The standard InChI is InChI=1S/C15H25N3O5/c1-5-16-12-10-11(6-7-13(12)18(20)21)22-9-8-17-14(19)23-15(2,3)4/h6-7,10,14,16-17,19H,5,8-9H2,1-4H3. The molecular formula is C15H25N3O5. The van der Waals surface area contributed by atoms with Crippen LogP contribution < -0.4 is 15.4 Å². The number of nitro benzene ring substituents is 1. The third kappa shape index (κ3) is 7.27. The van der Waals surface area contributed by atoms with Crippen LogP contribution in [0.2, 0.25) is 0 Å². The summed E-state index contributed by atoms with van der Waals surface area (Å²) in [6.45, 7) is 8.60. The maximum absolute atomic E-state index is 10.9. The van der Waals surface area contributed by atoms with Gasteiger partial charge in [0, 0.05) is 25.2 Å². The van der Waals surface area contributed by atoms with Crippen molar-refractivity contribution in [2.45, 2.75) is 39.7 Å². The summed E-state index contributed by atoms with van der Waals surface area (Å²) >= 11 is 0. The summed E-state index contributed by atoms with van der Waals surface area (Å²) in [5.74, 6) is 0.513. The molecule has 3 N–H and O–H groups in total. The Morgan fingerprint density at radius 3 is 2.65 bits per heavy atom. The molecule has 1 atom stereocenters. The number of nitrogens with zero attached hydrogens (tertiary/aromatic N) is 1. The van der Waals surface area contributed by atoms with Crippen LogP contribution in [0.3, 0.4) is 0 Å². The number of aliphatic hydroxyl groups excluding tert-OH is 1. The molecule has 0 aromatic heterocycles. The van der Waals surface area contributed by atoms with Gasteiger partial charge < -0.3 is 19.9 Å². The minimum Gasteiger partial charge on any atom is -0.492 e. The van der Waals surface area contributed by atoms with Crippen LogP contribution in [0.5, 0.6) is 5.75 Å². The van der Waals surface area contributed by atoms with E-state index in [1.165, 1.54) is 6.07 Å². The van der Waals surface area contributed by atoms with Crippen molar-refractivity contribution in [2.24, 2.45) is 0 Å². The molecule has 1 rings (SSSR count). The molecule has 0 amide bonds. The maximum atomic E-state index is 10.9. The smallest absolute Gasteiger partial charge is 0.292 e. The van der Waals surface area contributed by atoms with E-state index < -0.39 is 16.9 Å². The molecular weight excluding hydrogens is 302 g/mol. The first-order chi connectivity index (χ1) is 10.7. The molecule has 1 aromatic carbocycles. The monoisotopic (exact) mass is 327 g/mol. The fourth-order valence-corrected chi connectivity index (χ4v) is 1.82. The van der Waals surface area contributed by atoms with Crippen molar-refractivity contribution in [2.75, 3.05) is 25.0 Å². The Morgan fingerprint density at radius 2 is 2.09 bits per heavy atom. The van der Waals surface area contributed by atoms with Crippen LogP contribution in [0, 0.1) is 10.1 Å². The number of rotatable bonds is 9. The van der Waals surface area contributed by atoms with Gasteiger partial charge in [0.1, 0.15) is 18.0 Å². The van der Waals surface area contributed by atoms with Gasteiger partial charge >= 0.3 is 0 Å². The first-order valence-electron chi connectivity index (χ1n) is 7.47. The second kappa shape index (κ2) is 8.66. The SMILES string of the molecule is CCNc1cc(OCCNC(O)OC(C)(C)C)ccc1[N+](=O)[O-]. The predicted octanol–water partition coefficient (Wildman–Crippen LogP) is 2.09. The van der Waals surface area contributed by atoms with E-state index in [4.69, 9.17) is 9.47 Å². The lowest BCUT2D eigenvalue weighted by molar-refractivity contribution is -0.384. The number of hydrogen-bond acceptors (Lipinski definition) is 7. The van der Waals surface area contributed by atoms with Crippen molar-refractivity contribution in [3.05, 3.63) is 28.3 Å². The summed E-state index contributed by atoms with van der Waals surface area (Å²) in [6, 6.07) is 4.53. The number of nitro groups is 1. The number of hydrogen-bond donors (Lipinski definition) is 3. The van der Waals surface area contributed by atoms with Crippen LogP contribution in [-0.4, -0.2) is 41.7 Å². The summed E-state index contributed by atoms with van der Waals surface area (Å²) in [4.78, 5) is 10.5. The predicted molar refractivity (Wildman–Crippen MR) is 87.6 cm³/mol. The van der Waals surface area contributed by atoms with Gasteiger partial charge in [-0.1, -0.05) is 0 Å². The Hall–Kier alpha value is -1.90. The van der Waals surface area contributed by atoms with Gasteiger partial charge in [0.05, 0.1) is 10.5 Å². The quantitative estimate of drug-likeness (QED) is 0.276. The highest BCUT2D eigenvalue weighted by Crippen LogP contribution is 2.28. The molecule has 0 aliphatic carbocycles. The molecule has 0 aliphatic rings. The van der Waals surface area contributed by atoms with E-state index in [1.54, 1.807) is 12.1 Å². The maximum Gasteiger partial charge on any atom is 0.292 e. The van der Waals surface area contributed by atoms with E-state index in [2.05, 4.69) is 10.6 Å². The average Bonchev–Trinajstić information content (AvgIpc) is 2.42. The van der Waals surface area contributed by atoms with E-state index >= 15 is 0 Å². The molecule has 1 unspecified atom stereocenters. The van der Waals surface area contributed by atoms with Gasteiger partial charge in [-0.3, -0.25) is 15.4 Å². The lowest BCUT2D eigenvalue weighted by Crippen LogP contribution is -2.39. The van der Waals surface area contributed by atoms with Gasteiger partial charge in [0.25, 0.3) is 5.69 Å². The van der Waals surface area contributed by atoms with Crippen molar-refractivity contribution in [1.29, 1.82) is 0 Å². The van der Waals surface area contributed by atoms with Crippen LogP contribution in [-0.2, 0) is 4.74 Å². The van der Waals surface area contributed by atoms with Crippen molar-refractivity contribution < 1.29 is 19.5 Å². The molecule has 0 spiro atoms. The lowest BCUT2D eigenvalue weighted by Gasteiger charge is -2.24. The summed E-state index contributed by atoms with van der Waals surface area (Å²) in [6.07, 6.45) is -1.08. The van der Waals surface area contributed by atoms with Gasteiger partial charge in [-0.05, 0) is 33.8 Å². The molecule has 1 aromatic rings. The van der Waals surface area contributed by atoms with Gasteiger partial charge in [0.2, 0.25) is 6.41 Å². The molecule has 8 nitrogen and oxygen atoms in total. The molecule has 0 radical (unpaired) electrons. The lowest BCUT2D eigenvalue weighted by atomic mass is 10.2. The van der Waals surface area contributed by atoms with Crippen LogP contribution in [0.4, 0.5) is 11.4 Å². The Kier molecular flexibility index (Phi) is 7.21. The number of anilines is 1. The largest absolute Gasteiger partial charge is 0.492 e. The fourth-order valence-electron chi connectivity index (χ4n) is 1.82. The van der Waals surface area contributed by atoms with Gasteiger partial charge in [-0.15, -0.1) is 0 Å². The molecule has 0 heterocycles. The fraction of sp³-hybridized carbons (Fsp3) is 0.600. The van der Waals surface area contributed by atoms with Crippen LogP contribution in [0.1, 0.15) is 27.7 Å². The molecule has 0 saturated carbocycles. The van der Waals surface area contributed by atoms with Gasteiger partial charge in [0.15, 0.2) is 0 Å². The number of nitrogens with one attached hydrogen (secondary N) is 2. The molecule has 0 bridgehead atoms. The molecule has 0 aliphatic heterocycles. The zero-order valence-corrected chi connectivity index (χ0v) is 14.0. The van der Waals surface area contributed by atoms with Crippen molar-refractivity contribution in [3.63, 3.8) is 0 Å². The third-order valence-corrected chi connectivity index (χ3v) is 2.69. The second-order valence-electron chi connectivity index (χ2n) is 5.85. The highest BCUT2D eigenvalue weighted by molar-refractivity contribution is 5.64. The van der Waals surface area contributed by atoms with E-state index in [0.29, 0.717) is 24.5 Å². The first kappa shape index (κ1) is 19.1. The summed E-state index contributed by atoms with van der Waals surface area (Å²) in [7, 11) is 0. The summed E-state index contributed by atoms with van der Waals surface area (Å²) < 4.78 is 10.8. The zero-order chi connectivity index (χ0) is 17.5. The van der Waals surface area contributed by atoms with Crippen LogP contribution in [0.15, 0.2) is 18.2 Å². The highest BCUT2D eigenvalue weighted by atomic mass is 16.6. The topological polar surface area (TPSA) is 106 Å². The molecule has 0 saturated heterocycles. The normalized spacial score (nSPS) is 12.7. The number of benzene rings is 1. The Bertz CT molecular complexity index is 516. The second-order valence-corrected chi connectivity index (χ2v) is 5.85. The van der Waals surface area contributed by atoms with Crippen LogP contribution >= 0.6 is 0 Å². The Balaban J connectivity index is 2.49. The number of aliphatic hydroxyl groups is 1. The Labute approximate surface area is 135 Å². The van der Waals surface area contributed by atoms with Crippen molar-refractivity contribution in [1.82, 2.24) is 5.32 Å². The zero-order valence-electron chi connectivity index (χ0n) is 14.0. The summed E-state index contributed by atoms with van der Waals surface area (Å²) in [5.41, 5.74) is -0.0304. The molecule has 0 fully saturated rings. The molecule has 23 heavy (non-hydrogen) atoms. The summed E-state index contributed by atoms with van der Waals surface area (Å²) in [5, 5.41) is 26.2. The third-order valence-electron chi connectivity index (χ3n) is 2.69. The van der Waals surface area contributed by atoms with E-state index in [-0.39, 0.29) is 12.3 Å². The van der Waals surface area contributed by atoms with Crippen molar-refractivity contribution >= 4 is 11.4 Å². The van der Waals surface area contributed by atoms with Crippen molar-refractivity contribution in [3.8, 4) is 5.75 Å². The van der Waals surface area contributed by atoms with Gasteiger partial charge in [-0.25, -0.2) is 0 Å². The first-order valence-corrected chi connectivity index (χ1v) is 7.47. The van der Waals surface area contributed by atoms with Gasteiger partial charge in [-0.2, -0.15) is 0 Å². The minimum atomic E-state index is -1.08. The Morgan fingerprint density at radius 1 is 1.39 bits per heavy atom. The highest BCUT2D eigenvalue weighted by Gasteiger charge is 2.16. The average molecular weight is 327 g/mol. The van der Waals surface area contributed by atoms with E-state index in [1.807, 2.05) is 27.7 Å². The molecule has 8 heteroatoms. The van der Waals surface area contributed by atoms with E-state index in [9.17, 15) is 15.2 Å². The minimum absolute atomic E-state index is 0.00586. The molecule has 130 valence electrons.